The van der Waals surface area contributed by atoms with Crippen molar-refractivity contribution in [3.8, 4) is 5.75 Å². The Bertz CT molecular complexity index is 823. The molecule has 1 saturated heterocycles. The lowest BCUT2D eigenvalue weighted by Crippen LogP contribution is -2.46. The highest BCUT2D eigenvalue weighted by Crippen LogP contribution is 2.26. The largest absolute Gasteiger partial charge is 0.494 e. The van der Waals surface area contributed by atoms with Crippen LogP contribution >= 0.6 is 0 Å². The Kier molecular flexibility index (Phi) is 7.71. The molecule has 2 atom stereocenters. The van der Waals surface area contributed by atoms with Crippen molar-refractivity contribution in [2.24, 2.45) is 5.92 Å². The van der Waals surface area contributed by atoms with Crippen molar-refractivity contribution in [1.29, 1.82) is 0 Å². The van der Waals surface area contributed by atoms with Crippen LogP contribution in [0.1, 0.15) is 43.9 Å². The minimum Gasteiger partial charge on any atom is -0.494 e. The lowest BCUT2D eigenvalue weighted by molar-refractivity contribution is -0.127. The minimum atomic E-state index is -0.346. The van der Waals surface area contributed by atoms with Gasteiger partial charge in [-0.2, -0.15) is 0 Å². The highest BCUT2D eigenvalue weighted by atomic mass is 16.6. The fourth-order valence-electron chi connectivity index (χ4n) is 3.76. The fourth-order valence-corrected chi connectivity index (χ4v) is 3.76. The number of amides is 2. The Hall–Kier alpha value is -3.02. The number of piperidine rings is 1. The maximum Gasteiger partial charge on any atom is 0.409 e. The van der Waals surface area contributed by atoms with Crippen LogP contribution in [0.3, 0.4) is 0 Å². The molecule has 1 aliphatic rings. The molecule has 2 unspecified atom stereocenters. The van der Waals surface area contributed by atoms with E-state index in [1.807, 2.05) is 61.5 Å². The first-order chi connectivity index (χ1) is 14.6. The number of hydrogen-bond acceptors (Lipinski definition) is 4. The molecule has 0 aliphatic carbocycles. The summed E-state index contributed by atoms with van der Waals surface area (Å²) in [5.74, 6) is 0.501. The Morgan fingerprint density at radius 3 is 2.40 bits per heavy atom. The smallest absolute Gasteiger partial charge is 0.409 e. The average molecular weight is 411 g/mol. The van der Waals surface area contributed by atoms with Gasteiger partial charge in [-0.1, -0.05) is 42.5 Å². The maximum absolute atomic E-state index is 13.1. The Labute approximate surface area is 178 Å². The second-order valence-electron chi connectivity index (χ2n) is 7.34. The van der Waals surface area contributed by atoms with Crippen molar-refractivity contribution in [3.63, 3.8) is 0 Å². The number of benzene rings is 2. The molecule has 0 radical (unpaired) electrons. The van der Waals surface area contributed by atoms with Gasteiger partial charge in [0.15, 0.2) is 0 Å². The molecular formula is C24H30N2O4. The van der Waals surface area contributed by atoms with E-state index in [1.165, 1.54) is 0 Å². The summed E-state index contributed by atoms with van der Waals surface area (Å²) in [7, 11) is 0. The van der Waals surface area contributed by atoms with Crippen molar-refractivity contribution in [2.75, 3.05) is 26.3 Å². The topological polar surface area (TPSA) is 67.9 Å². The van der Waals surface area contributed by atoms with Gasteiger partial charge in [-0.15, -0.1) is 0 Å². The summed E-state index contributed by atoms with van der Waals surface area (Å²) in [6.07, 6.45) is 1.20. The molecule has 0 bridgehead atoms. The third-order valence-corrected chi connectivity index (χ3v) is 5.26. The number of likely N-dealkylation sites (tertiary alicyclic amines) is 1. The van der Waals surface area contributed by atoms with Crippen molar-refractivity contribution in [2.45, 2.75) is 32.7 Å². The number of nitrogens with one attached hydrogen (secondary N) is 1. The van der Waals surface area contributed by atoms with E-state index in [0.29, 0.717) is 26.3 Å². The van der Waals surface area contributed by atoms with Crippen LogP contribution in [0.5, 0.6) is 5.75 Å². The van der Waals surface area contributed by atoms with Gasteiger partial charge >= 0.3 is 6.09 Å². The van der Waals surface area contributed by atoms with Crippen LogP contribution < -0.4 is 10.1 Å². The number of ether oxygens (including phenoxy) is 2. The molecule has 0 saturated carbocycles. The molecule has 6 heteroatoms. The Balaban J connectivity index is 1.76. The van der Waals surface area contributed by atoms with Crippen LogP contribution in [0.4, 0.5) is 4.79 Å². The second-order valence-corrected chi connectivity index (χ2v) is 7.34. The van der Waals surface area contributed by atoms with Gasteiger partial charge in [0.05, 0.1) is 25.2 Å². The summed E-state index contributed by atoms with van der Waals surface area (Å²) in [5.41, 5.74) is 1.99. The number of carbonyl (C=O) groups is 2. The summed E-state index contributed by atoms with van der Waals surface area (Å²) >= 11 is 0. The average Bonchev–Trinajstić information content (AvgIpc) is 2.79. The van der Waals surface area contributed by atoms with Gasteiger partial charge in [0.25, 0.3) is 0 Å². The van der Waals surface area contributed by atoms with E-state index in [9.17, 15) is 9.59 Å². The van der Waals surface area contributed by atoms with E-state index in [-0.39, 0.29) is 24.0 Å². The maximum atomic E-state index is 13.1. The highest BCUT2D eigenvalue weighted by molar-refractivity contribution is 5.81. The molecule has 30 heavy (non-hydrogen) atoms. The van der Waals surface area contributed by atoms with Crippen LogP contribution in [0.2, 0.25) is 0 Å². The fraction of sp³-hybridized carbons (Fsp3) is 0.417. The third kappa shape index (κ3) is 5.53. The van der Waals surface area contributed by atoms with Crippen LogP contribution in [-0.4, -0.2) is 43.2 Å². The molecule has 3 rings (SSSR count). The van der Waals surface area contributed by atoms with Crippen LogP contribution in [0, 0.1) is 5.92 Å². The second kappa shape index (κ2) is 10.7. The molecule has 0 aromatic heterocycles. The van der Waals surface area contributed by atoms with E-state index < -0.39 is 0 Å². The molecule has 2 aromatic carbocycles. The molecular weight excluding hydrogens is 380 g/mol. The zero-order valence-electron chi connectivity index (χ0n) is 17.7. The van der Waals surface area contributed by atoms with Gasteiger partial charge in [-0.05, 0) is 49.9 Å². The van der Waals surface area contributed by atoms with Crippen LogP contribution in [0.25, 0.3) is 0 Å². The first-order valence-electron chi connectivity index (χ1n) is 10.6. The molecule has 1 fully saturated rings. The summed E-state index contributed by atoms with van der Waals surface area (Å²) in [4.78, 5) is 26.8. The number of hydrogen-bond donors (Lipinski definition) is 1. The summed E-state index contributed by atoms with van der Waals surface area (Å²) < 4.78 is 10.6. The summed E-state index contributed by atoms with van der Waals surface area (Å²) in [5, 5.41) is 3.20. The van der Waals surface area contributed by atoms with E-state index in [2.05, 4.69) is 5.32 Å². The van der Waals surface area contributed by atoms with E-state index in [4.69, 9.17) is 9.47 Å². The molecule has 1 N–H and O–H groups in total. The number of nitrogens with zero attached hydrogens (tertiary/aromatic N) is 1. The zero-order valence-corrected chi connectivity index (χ0v) is 17.7. The molecule has 1 heterocycles. The quantitative estimate of drug-likeness (QED) is 0.744. The number of carbonyl (C=O) groups excluding carboxylic acids is 2. The first kappa shape index (κ1) is 21.7. The predicted octanol–water partition coefficient (Wildman–Crippen LogP) is 4.16. The highest BCUT2D eigenvalue weighted by Gasteiger charge is 2.30. The van der Waals surface area contributed by atoms with Gasteiger partial charge < -0.3 is 19.7 Å². The van der Waals surface area contributed by atoms with Crippen molar-refractivity contribution in [1.82, 2.24) is 10.2 Å². The van der Waals surface area contributed by atoms with E-state index in [1.54, 1.807) is 11.8 Å². The third-order valence-electron chi connectivity index (χ3n) is 5.26. The Morgan fingerprint density at radius 2 is 1.73 bits per heavy atom. The van der Waals surface area contributed by atoms with Gasteiger partial charge in [0.2, 0.25) is 5.91 Å². The minimum absolute atomic E-state index is 0.0493. The Morgan fingerprint density at radius 1 is 1.03 bits per heavy atom. The molecule has 2 amide bonds. The number of rotatable bonds is 7. The molecule has 6 nitrogen and oxygen atoms in total. The monoisotopic (exact) mass is 410 g/mol. The zero-order chi connectivity index (χ0) is 21.3. The van der Waals surface area contributed by atoms with Gasteiger partial charge in [0, 0.05) is 13.1 Å². The van der Waals surface area contributed by atoms with Gasteiger partial charge in [-0.3, -0.25) is 4.79 Å². The van der Waals surface area contributed by atoms with Crippen LogP contribution in [-0.2, 0) is 9.53 Å². The molecule has 0 spiro atoms. The van der Waals surface area contributed by atoms with Crippen molar-refractivity contribution >= 4 is 12.0 Å². The first-order valence-corrected chi connectivity index (χ1v) is 10.6. The van der Waals surface area contributed by atoms with Gasteiger partial charge in [-0.25, -0.2) is 4.79 Å². The summed E-state index contributed by atoms with van der Waals surface area (Å²) in [6, 6.07) is 17.4. The molecule has 2 aromatic rings. The summed E-state index contributed by atoms with van der Waals surface area (Å²) in [6.45, 7) is 5.69. The lowest BCUT2D eigenvalue weighted by atomic mass is 9.94. The van der Waals surface area contributed by atoms with E-state index >= 15 is 0 Å². The normalized spacial score (nSPS) is 17.1. The van der Waals surface area contributed by atoms with Crippen molar-refractivity contribution in [3.05, 3.63) is 65.7 Å². The molecule has 1 aliphatic heterocycles. The van der Waals surface area contributed by atoms with Gasteiger partial charge in [0.1, 0.15) is 5.75 Å². The van der Waals surface area contributed by atoms with Crippen molar-refractivity contribution < 1.29 is 19.1 Å². The van der Waals surface area contributed by atoms with E-state index in [0.717, 1.165) is 29.7 Å². The van der Waals surface area contributed by atoms with Crippen LogP contribution in [0.15, 0.2) is 54.6 Å². The predicted molar refractivity (Wildman–Crippen MR) is 115 cm³/mol. The standard InChI is InChI=1S/C24H30N2O4/c1-3-29-21-14-12-19(13-15-21)22(18-9-6-5-7-10-18)25-23(27)20-11-8-16-26(17-20)24(28)30-4-2/h5-7,9-10,12-15,20,22H,3-4,8,11,16-17H2,1-2H3,(H,25,27). The molecule has 160 valence electrons. The SMILES string of the molecule is CCOC(=O)N1CCCC(C(=O)NC(c2ccccc2)c2ccc(OCC)cc2)C1. The lowest BCUT2D eigenvalue weighted by Gasteiger charge is -2.32.